The zero-order chi connectivity index (χ0) is 18.5. The van der Waals surface area contributed by atoms with Crippen LogP contribution < -0.4 is 10.6 Å². The predicted octanol–water partition coefficient (Wildman–Crippen LogP) is 1.82. The van der Waals surface area contributed by atoms with Crippen molar-refractivity contribution in [2.24, 2.45) is 0 Å². The zero-order valence-electron chi connectivity index (χ0n) is 15.8. The molecule has 26 heavy (non-hydrogen) atoms. The molecule has 2 amide bonds. The summed E-state index contributed by atoms with van der Waals surface area (Å²) in [7, 11) is 0. The van der Waals surface area contributed by atoms with Crippen LogP contribution in [0.15, 0.2) is 24.3 Å². The summed E-state index contributed by atoms with van der Waals surface area (Å²) < 4.78 is 0. The van der Waals surface area contributed by atoms with Gasteiger partial charge < -0.3 is 10.6 Å². The van der Waals surface area contributed by atoms with Crippen molar-refractivity contribution in [2.45, 2.75) is 51.7 Å². The monoisotopic (exact) mass is 358 g/mol. The number of carbonyl (C=O) groups excluding carboxylic acids is 2. The molecule has 2 aliphatic heterocycles. The number of hydrogen-bond donors (Lipinski definition) is 2. The molecule has 0 bridgehead atoms. The summed E-state index contributed by atoms with van der Waals surface area (Å²) in [5.41, 5.74) is 1.84. The van der Waals surface area contributed by atoms with E-state index in [2.05, 4.69) is 40.3 Å². The third-order valence-electron chi connectivity index (χ3n) is 5.28. The lowest BCUT2D eigenvalue weighted by atomic mass is 10.2. The van der Waals surface area contributed by atoms with Gasteiger partial charge in [0.25, 0.3) is 0 Å². The van der Waals surface area contributed by atoms with E-state index >= 15 is 0 Å². The van der Waals surface area contributed by atoms with Crippen LogP contribution in [-0.4, -0.2) is 59.9 Å². The first kappa shape index (κ1) is 18.9. The molecular weight excluding hydrogens is 328 g/mol. The Labute approximate surface area is 155 Å². The molecule has 2 aliphatic rings. The fourth-order valence-corrected chi connectivity index (χ4v) is 3.76. The maximum absolute atomic E-state index is 12.2. The molecule has 0 saturated carbocycles. The molecule has 6 nitrogen and oxygen atoms in total. The largest absolute Gasteiger partial charge is 0.344 e. The summed E-state index contributed by atoms with van der Waals surface area (Å²) in [5.74, 6) is -1.14. The van der Waals surface area contributed by atoms with Crippen molar-refractivity contribution in [1.29, 1.82) is 0 Å². The minimum absolute atomic E-state index is 0.0529. The number of hydrogen-bond acceptors (Lipinski definition) is 4. The third kappa shape index (κ3) is 5.05. The summed E-state index contributed by atoms with van der Waals surface area (Å²) in [6, 6.07) is 8.29. The van der Waals surface area contributed by atoms with Crippen molar-refractivity contribution in [3.63, 3.8) is 0 Å². The third-order valence-corrected chi connectivity index (χ3v) is 5.28. The van der Waals surface area contributed by atoms with E-state index in [1.54, 1.807) is 0 Å². The van der Waals surface area contributed by atoms with Gasteiger partial charge in [-0.1, -0.05) is 12.1 Å². The molecule has 1 aromatic carbocycles. The van der Waals surface area contributed by atoms with Crippen molar-refractivity contribution in [2.75, 3.05) is 31.5 Å². The van der Waals surface area contributed by atoms with E-state index in [-0.39, 0.29) is 6.04 Å². The molecule has 2 fully saturated rings. The molecule has 2 heterocycles. The Balaban J connectivity index is 1.50. The van der Waals surface area contributed by atoms with Gasteiger partial charge in [-0.25, -0.2) is 0 Å². The van der Waals surface area contributed by atoms with Crippen molar-refractivity contribution < 1.29 is 9.59 Å². The van der Waals surface area contributed by atoms with Crippen LogP contribution in [0.4, 0.5) is 5.69 Å². The van der Waals surface area contributed by atoms with Crippen LogP contribution in [0, 0.1) is 0 Å². The van der Waals surface area contributed by atoms with Gasteiger partial charge in [0.15, 0.2) is 0 Å². The molecule has 1 unspecified atom stereocenters. The van der Waals surface area contributed by atoms with Crippen LogP contribution in [-0.2, 0) is 16.1 Å². The Morgan fingerprint density at radius 3 is 2.62 bits per heavy atom. The smallest absolute Gasteiger partial charge is 0.313 e. The molecule has 2 saturated heterocycles. The molecule has 0 radical (unpaired) electrons. The average Bonchev–Trinajstić information content (AvgIpc) is 3.27. The van der Waals surface area contributed by atoms with Gasteiger partial charge in [0, 0.05) is 37.4 Å². The van der Waals surface area contributed by atoms with Crippen molar-refractivity contribution >= 4 is 17.5 Å². The van der Waals surface area contributed by atoms with E-state index in [0.717, 1.165) is 44.7 Å². The highest BCUT2D eigenvalue weighted by atomic mass is 16.2. The first-order valence-electron chi connectivity index (χ1n) is 9.68. The summed E-state index contributed by atoms with van der Waals surface area (Å²) in [6.45, 7) is 9.22. The topological polar surface area (TPSA) is 64.7 Å². The number of rotatable bonds is 5. The zero-order valence-corrected chi connectivity index (χ0v) is 15.8. The Morgan fingerprint density at radius 1 is 1.15 bits per heavy atom. The maximum Gasteiger partial charge on any atom is 0.313 e. The van der Waals surface area contributed by atoms with Gasteiger partial charge in [-0.3, -0.25) is 19.4 Å². The van der Waals surface area contributed by atoms with Crippen molar-refractivity contribution in [1.82, 2.24) is 15.1 Å². The van der Waals surface area contributed by atoms with Crippen LogP contribution in [0.2, 0.25) is 0 Å². The summed E-state index contributed by atoms with van der Waals surface area (Å²) in [5, 5.41) is 5.59. The van der Waals surface area contributed by atoms with Crippen molar-refractivity contribution in [3.8, 4) is 0 Å². The second kappa shape index (κ2) is 8.64. The Morgan fingerprint density at radius 2 is 1.92 bits per heavy atom. The first-order valence-corrected chi connectivity index (χ1v) is 9.68. The Bertz CT molecular complexity index is 640. The number of benzene rings is 1. The van der Waals surface area contributed by atoms with Gasteiger partial charge >= 0.3 is 11.8 Å². The highest BCUT2D eigenvalue weighted by Crippen LogP contribution is 2.16. The second-order valence-corrected chi connectivity index (χ2v) is 7.69. The van der Waals surface area contributed by atoms with E-state index in [1.807, 2.05) is 18.2 Å². The molecule has 6 heteroatoms. The van der Waals surface area contributed by atoms with Gasteiger partial charge in [-0.15, -0.1) is 0 Å². The SMILES string of the molecule is CC(C)N1CCC(NC(=O)C(=O)Nc2cccc(CN3CCCC3)c2)C1. The molecule has 0 aliphatic carbocycles. The van der Waals surface area contributed by atoms with Crippen molar-refractivity contribution in [3.05, 3.63) is 29.8 Å². The summed E-state index contributed by atoms with van der Waals surface area (Å²) >= 11 is 0. The molecule has 0 aromatic heterocycles. The van der Waals surface area contributed by atoms with E-state index in [0.29, 0.717) is 11.7 Å². The second-order valence-electron chi connectivity index (χ2n) is 7.69. The maximum atomic E-state index is 12.2. The Hall–Kier alpha value is -1.92. The fraction of sp³-hybridized carbons (Fsp3) is 0.600. The number of anilines is 1. The highest BCUT2D eigenvalue weighted by Gasteiger charge is 2.27. The van der Waals surface area contributed by atoms with Gasteiger partial charge in [-0.05, 0) is 63.9 Å². The van der Waals surface area contributed by atoms with Crippen LogP contribution in [0.25, 0.3) is 0 Å². The number of carbonyl (C=O) groups is 2. The molecule has 142 valence electrons. The Kier molecular flexibility index (Phi) is 6.27. The number of amides is 2. The van der Waals surface area contributed by atoms with Crippen LogP contribution >= 0.6 is 0 Å². The molecular formula is C20H30N4O2. The van der Waals surface area contributed by atoms with Crippen LogP contribution in [0.5, 0.6) is 0 Å². The normalized spacial score (nSPS) is 21.3. The molecule has 2 N–H and O–H groups in total. The van der Waals surface area contributed by atoms with Crippen LogP contribution in [0.1, 0.15) is 38.7 Å². The number of likely N-dealkylation sites (tertiary alicyclic amines) is 2. The molecule has 1 aromatic rings. The lowest BCUT2D eigenvalue weighted by molar-refractivity contribution is -0.136. The molecule has 3 rings (SSSR count). The lowest BCUT2D eigenvalue weighted by Crippen LogP contribution is -2.43. The first-order chi connectivity index (χ1) is 12.5. The predicted molar refractivity (Wildman–Crippen MR) is 103 cm³/mol. The van der Waals surface area contributed by atoms with E-state index in [9.17, 15) is 9.59 Å². The van der Waals surface area contributed by atoms with Gasteiger partial charge in [0.1, 0.15) is 0 Å². The van der Waals surface area contributed by atoms with Gasteiger partial charge in [-0.2, -0.15) is 0 Å². The quantitative estimate of drug-likeness (QED) is 0.788. The minimum Gasteiger partial charge on any atom is -0.344 e. The minimum atomic E-state index is -0.591. The molecule has 1 atom stereocenters. The van der Waals surface area contributed by atoms with Gasteiger partial charge in [0.05, 0.1) is 0 Å². The fourth-order valence-electron chi connectivity index (χ4n) is 3.76. The summed E-state index contributed by atoms with van der Waals surface area (Å²) in [6.07, 6.45) is 3.40. The highest BCUT2D eigenvalue weighted by molar-refractivity contribution is 6.39. The molecule has 0 spiro atoms. The lowest BCUT2D eigenvalue weighted by Gasteiger charge is -2.20. The van der Waals surface area contributed by atoms with E-state index in [1.165, 1.54) is 12.8 Å². The van der Waals surface area contributed by atoms with E-state index < -0.39 is 11.8 Å². The van der Waals surface area contributed by atoms with Gasteiger partial charge in [0.2, 0.25) is 0 Å². The summed E-state index contributed by atoms with van der Waals surface area (Å²) in [4.78, 5) is 29.1. The number of nitrogens with one attached hydrogen (secondary N) is 2. The number of nitrogens with zero attached hydrogens (tertiary/aromatic N) is 2. The van der Waals surface area contributed by atoms with Crippen LogP contribution in [0.3, 0.4) is 0 Å². The standard InChI is InChI=1S/C20H30N4O2/c1-15(2)24-11-8-18(14-24)22-20(26)19(25)21-17-7-5-6-16(12-17)13-23-9-3-4-10-23/h5-7,12,15,18H,3-4,8-11,13-14H2,1-2H3,(H,21,25)(H,22,26). The average molecular weight is 358 g/mol. The van der Waals surface area contributed by atoms with E-state index in [4.69, 9.17) is 0 Å².